The summed E-state index contributed by atoms with van der Waals surface area (Å²) in [5.41, 5.74) is 7.47. The van der Waals surface area contributed by atoms with Gasteiger partial charge in [-0.05, 0) is 54.7 Å². The zero-order valence-corrected chi connectivity index (χ0v) is 18.4. The van der Waals surface area contributed by atoms with Crippen molar-refractivity contribution in [2.24, 2.45) is 0 Å². The molecular formula is C26H23BrN2O. The van der Waals surface area contributed by atoms with Gasteiger partial charge >= 0.3 is 0 Å². The van der Waals surface area contributed by atoms with Crippen LogP contribution in [0.5, 0.6) is 0 Å². The third-order valence-electron chi connectivity index (χ3n) is 6.06. The van der Waals surface area contributed by atoms with E-state index in [2.05, 4.69) is 82.0 Å². The van der Waals surface area contributed by atoms with Gasteiger partial charge in [0.25, 0.3) is 0 Å². The number of benzene rings is 3. The first-order valence-corrected chi connectivity index (χ1v) is 11.1. The number of carbonyl (C=O) groups is 1. The molecule has 0 spiro atoms. The molecule has 0 amide bonds. The normalized spacial score (nSPS) is 20.5. The lowest BCUT2D eigenvalue weighted by atomic mass is 9.78. The van der Waals surface area contributed by atoms with Crippen molar-refractivity contribution in [1.29, 1.82) is 0 Å². The van der Waals surface area contributed by atoms with Crippen LogP contribution < -0.4 is 10.6 Å². The second-order valence-corrected chi connectivity index (χ2v) is 9.05. The van der Waals surface area contributed by atoms with Gasteiger partial charge in [0.05, 0.1) is 17.4 Å². The van der Waals surface area contributed by atoms with Crippen LogP contribution in [0.15, 0.2) is 88.5 Å². The van der Waals surface area contributed by atoms with E-state index in [1.807, 2.05) is 24.3 Å². The van der Waals surface area contributed by atoms with E-state index in [0.29, 0.717) is 6.42 Å². The van der Waals surface area contributed by atoms with Gasteiger partial charge in [-0.15, -0.1) is 0 Å². The Balaban J connectivity index is 1.60. The number of nitrogens with one attached hydrogen (secondary N) is 2. The molecular weight excluding hydrogens is 436 g/mol. The number of halogens is 1. The molecule has 1 aliphatic carbocycles. The third-order valence-corrected chi connectivity index (χ3v) is 6.59. The predicted molar refractivity (Wildman–Crippen MR) is 126 cm³/mol. The molecule has 3 nitrogen and oxygen atoms in total. The number of Topliss-reactive ketones (excluding diaryl/α,β-unsaturated/α-hetero) is 1. The predicted octanol–water partition coefficient (Wildman–Crippen LogP) is 6.74. The number of para-hydroxylation sites is 2. The van der Waals surface area contributed by atoms with Gasteiger partial charge < -0.3 is 10.6 Å². The highest BCUT2D eigenvalue weighted by molar-refractivity contribution is 9.10. The molecule has 5 rings (SSSR count). The zero-order valence-electron chi connectivity index (χ0n) is 16.8. The molecule has 2 aliphatic rings. The quantitative estimate of drug-likeness (QED) is 0.446. The summed E-state index contributed by atoms with van der Waals surface area (Å²) >= 11 is 3.52. The lowest BCUT2D eigenvalue weighted by molar-refractivity contribution is -0.116. The van der Waals surface area contributed by atoms with Gasteiger partial charge in [0.15, 0.2) is 5.78 Å². The van der Waals surface area contributed by atoms with E-state index >= 15 is 0 Å². The maximum absolute atomic E-state index is 13.5. The van der Waals surface area contributed by atoms with Crippen LogP contribution in [0.4, 0.5) is 11.4 Å². The number of aryl methyl sites for hydroxylation is 1. The summed E-state index contributed by atoms with van der Waals surface area (Å²) in [6.45, 7) is 2.09. The fourth-order valence-electron chi connectivity index (χ4n) is 4.47. The van der Waals surface area contributed by atoms with Crippen LogP contribution in [0.2, 0.25) is 0 Å². The lowest BCUT2D eigenvalue weighted by Gasteiger charge is -2.30. The molecule has 0 bridgehead atoms. The maximum atomic E-state index is 13.5. The Bertz CT molecular complexity index is 1130. The second-order valence-electron chi connectivity index (χ2n) is 8.13. The third kappa shape index (κ3) is 3.56. The van der Waals surface area contributed by atoms with Crippen molar-refractivity contribution in [3.8, 4) is 0 Å². The Morgan fingerprint density at radius 2 is 1.50 bits per heavy atom. The Morgan fingerprint density at radius 3 is 2.23 bits per heavy atom. The summed E-state index contributed by atoms with van der Waals surface area (Å²) in [7, 11) is 0. The molecule has 4 heteroatoms. The minimum absolute atomic E-state index is 0.171. The molecule has 3 aromatic carbocycles. The van der Waals surface area contributed by atoms with E-state index in [9.17, 15) is 4.79 Å². The monoisotopic (exact) mass is 458 g/mol. The molecule has 0 fully saturated rings. The average molecular weight is 459 g/mol. The van der Waals surface area contributed by atoms with E-state index in [-0.39, 0.29) is 17.7 Å². The highest BCUT2D eigenvalue weighted by Gasteiger charge is 2.35. The molecule has 0 saturated carbocycles. The molecule has 3 aromatic rings. The molecule has 30 heavy (non-hydrogen) atoms. The average Bonchev–Trinajstić information content (AvgIpc) is 2.91. The molecule has 0 aromatic heterocycles. The Hall–Kier alpha value is -2.85. The van der Waals surface area contributed by atoms with Crippen LogP contribution in [0.3, 0.4) is 0 Å². The lowest BCUT2D eigenvalue weighted by Crippen LogP contribution is -2.26. The molecule has 0 radical (unpaired) electrons. The molecule has 0 unspecified atom stereocenters. The maximum Gasteiger partial charge on any atom is 0.163 e. The minimum Gasteiger partial charge on any atom is -0.372 e. The van der Waals surface area contributed by atoms with Gasteiger partial charge in [-0.3, -0.25) is 4.79 Å². The van der Waals surface area contributed by atoms with Crippen LogP contribution >= 0.6 is 15.9 Å². The largest absolute Gasteiger partial charge is 0.372 e. The summed E-state index contributed by atoms with van der Waals surface area (Å²) in [6, 6.07) is 24.8. The molecule has 0 saturated heterocycles. The smallest absolute Gasteiger partial charge is 0.163 e. The van der Waals surface area contributed by atoms with Crippen molar-refractivity contribution < 1.29 is 4.79 Å². The van der Waals surface area contributed by atoms with Crippen molar-refractivity contribution in [2.45, 2.75) is 31.7 Å². The van der Waals surface area contributed by atoms with Crippen LogP contribution in [-0.4, -0.2) is 5.78 Å². The number of allylic oxidation sites excluding steroid dienone is 1. The number of hydrogen-bond donors (Lipinski definition) is 2. The summed E-state index contributed by atoms with van der Waals surface area (Å²) in [6.07, 6.45) is 1.36. The summed E-state index contributed by atoms with van der Waals surface area (Å²) in [5, 5.41) is 7.23. The van der Waals surface area contributed by atoms with Crippen LogP contribution in [0.1, 0.15) is 41.5 Å². The van der Waals surface area contributed by atoms with Gasteiger partial charge in [-0.25, -0.2) is 0 Å². The molecule has 2 N–H and O–H groups in total. The fourth-order valence-corrected chi connectivity index (χ4v) is 4.74. The van der Waals surface area contributed by atoms with Gasteiger partial charge in [-0.2, -0.15) is 0 Å². The first-order chi connectivity index (χ1) is 14.6. The number of anilines is 2. The Labute approximate surface area is 185 Å². The van der Waals surface area contributed by atoms with Gasteiger partial charge in [0.1, 0.15) is 0 Å². The van der Waals surface area contributed by atoms with Crippen molar-refractivity contribution in [1.82, 2.24) is 0 Å². The van der Waals surface area contributed by atoms with E-state index in [1.54, 1.807) is 0 Å². The first kappa shape index (κ1) is 19.1. The van der Waals surface area contributed by atoms with Crippen LogP contribution in [-0.2, 0) is 4.79 Å². The fraction of sp³-hybridized carbons (Fsp3) is 0.192. The Kier molecular flexibility index (Phi) is 4.95. The van der Waals surface area contributed by atoms with Crippen molar-refractivity contribution in [3.05, 3.63) is 105 Å². The number of hydrogen-bond acceptors (Lipinski definition) is 3. The number of fused-ring (bicyclic) bond motifs is 1. The van der Waals surface area contributed by atoms with E-state index in [0.717, 1.165) is 39.1 Å². The SMILES string of the molecule is Cc1ccc([C@@H]2CC(=O)C3=C(C2)Nc2ccccc2N[C@H]3c2ccc(Br)cc2)cc1. The number of rotatable bonds is 2. The van der Waals surface area contributed by atoms with E-state index in [1.165, 1.54) is 11.1 Å². The molecule has 1 aliphatic heterocycles. The number of carbonyl (C=O) groups excluding carboxylic acids is 1. The highest BCUT2D eigenvalue weighted by Crippen LogP contribution is 2.44. The van der Waals surface area contributed by atoms with Crippen molar-refractivity contribution >= 4 is 33.1 Å². The van der Waals surface area contributed by atoms with Gasteiger partial charge in [-0.1, -0.05) is 70.0 Å². The van der Waals surface area contributed by atoms with Gasteiger partial charge in [0, 0.05) is 22.2 Å². The topological polar surface area (TPSA) is 41.1 Å². The summed E-state index contributed by atoms with van der Waals surface area (Å²) in [5.74, 6) is 0.405. The standard InChI is InChI=1S/C26H23BrN2O/c1-16-6-8-17(9-7-16)19-14-23-25(24(30)15-19)26(18-10-12-20(27)13-11-18)29-22-5-3-2-4-21(22)28-23/h2-13,19,26,28-29H,14-15H2,1H3/t19-,26-/m0/s1. The highest BCUT2D eigenvalue weighted by atomic mass is 79.9. The van der Waals surface area contributed by atoms with E-state index < -0.39 is 0 Å². The zero-order chi connectivity index (χ0) is 20.7. The van der Waals surface area contributed by atoms with E-state index in [4.69, 9.17) is 0 Å². The van der Waals surface area contributed by atoms with Crippen LogP contribution in [0.25, 0.3) is 0 Å². The summed E-state index contributed by atoms with van der Waals surface area (Å²) in [4.78, 5) is 13.5. The first-order valence-electron chi connectivity index (χ1n) is 10.3. The second kappa shape index (κ2) is 7.77. The van der Waals surface area contributed by atoms with Crippen molar-refractivity contribution in [2.75, 3.05) is 10.6 Å². The van der Waals surface area contributed by atoms with Crippen LogP contribution in [0, 0.1) is 6.92 Å². The number of ketones is 1. The molecule has 1 heterocycles. The van der Waals surface area contributed by atoms with Crippen molar-refractivity contribution in [3.63, 3.8) is 0 Å². The van der Waals surface area contributed by atoms with Gasteiger partial charge in [0.2, 0.25) is 0 Å². The molecule has 2 atom stereocenters. The Morgan fingerprint density at radius 1 is 0.833 bits per heavy atom. The summed E-state index contributed by atoms with van der Waals surface area (Å²) < 4.78 is 1.03. The molecule has 150 valence electrons. The minimum atomic E-state index is -0.171.